The fourth-order valence-electron chi connectivity index (χ4n) is 4.52. The van der Waals surface area contributed by atoms with Crippen molar-refractivity contribution in [2.75, 3.05) is 26.2 Å². The molecular weight excluding hydrogens is 369 g/mol. The van der Waals surface area contributed by atoms with Gasteiger partial charge in [-0.15, -0.1) is 10.2 Å². The average Bonchev–Trinajstić information content (AvgIpc) is 3.01. The molecule has 1 aliphatic carbocycles. The number of benzene rings is 1. The lowest BCUT2D eigenvalue weighted by molar-refractivity contribution is 0.0954. The summed E-state index contributed by atoms with van der Waals surface area (Å²) in [7, 11) is 0. The molecule has 0 unspecified atom stereocenters. The quantitative estimate of drug-likeness (QED) is 0.811. The van der Waals surface area contributed by atoms with E-state index >= 15 is 0 Å². The molecule has 0 bridgehead atoms. The summed E-state index contributed by atoms with van der Waals surface area (Å²) < 4.78 is 15.2. The van der Waals surface area contributed by atoms with Crippen LogP contribution >= 0.6 is 0 Å². The molecule has 2 aliphatic rings. The zero-order chi connectivity index (χ0) is 20.1. The normalized spacial score (nSPS) is 18.2. The van der Waals surface area contributed by atoms with Gasteiger partial charge in [-0.2, -0.15) is 0 Å². The second-order valence-corrected chi connectivity index (χ2v) is 8.25. The van der Waals surface area contributed by atoms with Crippen LogP contribution in [-0.2, 0) is 19.4 Å². The summed E-state index contributed by atoms with van der Waals surface area (Å²) in [5.41, 5.74) is 0.463. The average molecular weight is 400 g/mol. The summed E-state index contributed by atoms with van der Waals surface area (Å²) >= 11 is 0. The van der Waals surface area contributed by atoms with Crippen LogP contribution in [0.15, 0.2) is 24.3 Å². The largest absolute Gasteiger partial charge is 0.352 e. The number of amides is 1. The first-order valence-electron chi connectivity index (χ1n) is 10.9. The van der Waals surface area contributed by atoms with Crippen LogP contribution in [0.4, 0.5) is 4.39 Å². The van der Waals surface area contributed by atoms with E-state index in [-0.39, 0.29) is 11.7 Å². The maximum atomic E-state index is 13.0. The van der Waals surface area contributed by atoms with E-state index in [1.54, 1.807) is 0 Å². The van der Waals surface area contributed by atoms with Crippen LogP contribution in [0.3, 0.4) is 0 Å². The highest BCUT2D eigenvalue weighted by Gasteiger charge is 2.22. The van der Waals surface area contributed by atoms with Crippen molar-refractivity contribution in [1.82, 2.24) is 25.0 Å². The van der Waals surface area contributed by atoms with E-state index in [1.807, 2.05) is 0 Å². The van der Waals surface area contributed by atoms with Gasteiger partial charge in [-0.05, 0) is 43.0 Å². The van der Waals surface area contributed by atoms with E-state index in [9.17, 15) is 9.18 Å². The lowest BCUT2D eigenvalue weighted by Crippen LogP contribution is -2.33. The Bertz CT molecular complexity index is 813. The Morgan fingerprint density at radius 1 is 1.07 bits per heavy atom. The molecule has 7 heteroatoms. The molecule has 1 aromatic carbocycles. The number of aromatic nitrogens is 3. The van der Waals surface area contributed by atoms with Gasteiger partial charge in [-0.1, -0.05) is 19.3 Å². The second kappa shape index (κ2) is 9.48. The number of carbonyl (C=O) groups is 1. The molecule has 1 fully saturated rings. The van der Waals surface area contributed by atoms with Gasteiger partial charge in [0, 0.05) is 51.1 Å². The van der Waals surface area contributed by atoms with Gasteiger partial charge in [0.25, 0.3) is 5.91 Å². The van der Waals surface area contributed by atoms with Crippen molar-refractivity contribution in [1.29, 1.82) is 0 Å². The summed E-state index contributed by atoms with van der Waals surface area (Å²) in [4.78, 5) is 14.8. The number of hydrogen-bond donors (Lipinski definition) is 1. The van der Waals surface area contributed by atoms with E-state index in [2.05, 4.69) is 25.0 Å². The Kier molecular flexibility index (Phi) is 6.54. The molecule has 1 aromatic heterocycles. The van der Waals surface area contributed by atoms with Gasteiger partial charge in [0.05, 0.1) is 0 Å². The van der Waals surface area contributed by atoms with Gasteiger partial charge in [-0.25, -0.2) is 4.39 Å². The van der Waals surface area contributed by atoms with Crippen molar-refractivity contribution in [3.63, 3.8) is 0 Å². The number of rotatable bonds is 6. The van der Waals surface area contributed by atoms with Gasteiger partial charge < -0.3 is 14.8 Å². The summed E-state index contributed by atoms with van der Waals surface area (Å²) in [5, 5.41) is 11.6. The number of nitrogens with one attached hydrogen (secondary N) is 1. The lowest BCUT2D eigenvalue weighted by atomic mass is 9.89. The van der Waals surface area contributed by atoms with Crippen LogP contribution in [0.25, 0.3) is 0 Å². The number of nitrogens with zero attached hydrogens (tertiary/aromatic N) is 4. The minimum Gasteiger partial charge on any atom is -0.352 e. The Balaban J connectivity index is 1.27. The van der Waals surface area contributed by atoms with Gasteiger partial charge in [-0.3, -0.25) is 4.79 Å². The Hall–Kier alpha value is -2.28. The van der Waals surface area contributed by atoms with Crippen LogP contribution in [0, 0.1) is 11.7 Å². The summed E-state index contributed by atoms with van der Waals surface area (Å²) in [6, 6.07) is 5.59. The molecule has 1 N–H and O–H groups in total. The smallest absolute Gasteiger partial charge is 0.251 e. The molecule has 156 valence electrons. The third-order valence-corrected chi connectivity index (χ3v) is 6.18. The first-order valence-corrected chi connectivity index (χ1v) is 10.9. The molecule has 1 amide bonds. The topological polar surface area (TPSA) is 63.1 Å². The fraction of sp³-hybridized carbons (Fsp3) is 0.591. The molecule has 0 radical (unpaired) electrons. The molecule has 0 atom stereocenters. The molecule has 29 heavy (non-hydrogen) atoms. The van der Waals surface area contributed by atoms with Crippen molar-refractivity contribution in [3.8, 4) is 0 Å². The van der Waals surface area contributed by atoms with E-state index < -0.39 is 0 Å². The third-order valence-electron chi connectivity index (χ3n) is 6.18. The van der Waals surface area contributed by atoms with Gasteiger partial charge >= 0.3 is 0 Å². The lowest BCUT2D eigenvalue weighted by Gasteiger charge is -2.28. The molecule has 4 rings (SSSR count). The zero-order valence-corrected chi connectivity index (χ0v) is 16.9. The van der Waals surface area contributed by atoms with Crippen LogP contribution in [0.1, 0.15) is 54.1 Å². The van der Waals surface area contributed by atoms with Gasteiger partial charge in [0.1, 0.15) is 17.5 Å². The Labute approximate surface area is 171 Å². The number of halogens is 1. The monoisotopic (exact) mass is 399 g/mol. The van der Waals surface area contributed by atoms with Crippen molar-refractivity contribution < 1.29 is 9.18 Å². The molecule has 6 nitrogen and oxygen atoms in total. The van der Waals surface area contributed by atoms with Crippen molar-refractivity contribution in [2.45, 2.75) is 51.5 Å². The summed E-state index contributed by atoms with van der Waals surface area (Å²) in [5.74, 6) is 2.30. The molecule has 1 saturated carbocycles. The maximum Gasteiger partial charge on any atom is 0.251 e. The van der Waals surface area contributed by atoms with E-state index in [4.69, 9.17) is 0 Å². The Morgan fingerprint density at radius 3 is 2.66 bits per heavy atom. The van der Waals surface area contributed by atoms with E-state index in [0.717, 1.165) is 43.6 Å². The molecule has 1 aliphatic heterocycles. The van der Waals surface area contributed by atoms with Crippen molar-refractivity contribution >= 4 is 5.91 Å². The molecule has 0 saturated heterocycles. The van der Waals surface area contributed by atoms with Crippen LogP contribution < -0.4 is 5.32 Å². The predicted octanol–water partition coefficient (Wildman–Crippen LogP) is 2.83. The molecular formula is C22H30FN5O. The fourth-order valence-corrected chi connectivity index (χ4v) is 4.52. The van der Waals surface area contributed by atoms with E-state index in [0.29, 0.717) is 18.5 Å². The highest BCUT2D eigenvalue weighted by Crippen LogP contribution is 2.25. The van der Waals surface area contributed by atoms with Crippen LogP contribution in [0.5, 0.6) is 0 Å². The Morgan fingerprint density at radius 2 is 1.86 bits per heavy atom. The van der Waals surface area contributed by atoms with Crippen LogP contribution in [-0.4, -0.2) is 51.8 Å². The number of fused-ring (bicyclic) bond motifs is 1. The molecule has 0 spiro atoms. The van der Waals surface area contributed by atoms with Gasteiger partial charge in [0.2, 0.25) is 0 Å². The second-order valence-electron chi connectivity index (χ2n) is 8.25. The van der Waals surface area contributed by atoms with Gasteiger partial charge in [0.15, 0.2) is 0 Å². The minimum atomic E-state index is -0.342. The first-order chi connectivity index (χ1) is 14.2. The predicted molar refractivity (Wildman–Crippen MR) is 109 cm³/mol. The summed E-state index contributed by atoms with van der Waals surface area (Å²) in [6.07, 6.45) is 8.50. The summed E-state index contributed by atoms with van der Waals surface area (Å²) in [6.45, 7) is 4.70. The van der Waals surface area contributed by atoms with Crippen LogP contribution in [0.2, 0.25) is 0 Å². The molecule has 2 aromatic rings. The highest BCUT2D eigenvalue weighted by molar-refractivity contribution is 5.94. The highest BCUT2D eigenvalue weighted by atomic mass is 19.1. The van der Waals surface area contributed by atoms with E-state index in [1.165, 1.54) is 62.9 Å². The number of hydrogen-bond acceptors (Lipinski definition) is 4. The van der Waals surface area contributed by atoms with Crippen molar-refractivity contribution in [2.24, 2.45) is 5.92 Å². The maximum absolute atomic E-state index is 13.0. The zero-order valence-electron chi connectivity index (χ0n) is 16.9. The molecule has 2 heterocycles. The standard InChI is InChI=1S/C22H30FN5O/c23-19-8-6-18(7-9-19)22(29)24-12-10-20-25-26-21-11-13-27(14-15-28(20)21)16-17-4-2-1-3-5-17/h6-9,17H,1-5,10-16H2,(H,24,29). The SMILES string of the molecule is O=C(NCCc1nnc2n1CCN(CC1CCCCC1)CC2)c1ccc(F)cc1. The first kappa shape index (κ1) is 20.0. The number of carbonyl (C=O) groups excluding carboxylic acids is 1. The third kappa shape index (κ3) is 5.21. The minimum absolute atomic E-state index is 0.195. The van der Waals surface area contributed by atoms with Crippen molar-refractivity contribution in [3.05, 3.63) is 47.3 Å².